The molecule has 0 spiro atoms. The predicted octanol–water partition coefficient (Wildman–Crippen LogP) is 2.45. The van der Waals surface area contributed by atoms with Gasteiger partial charge in [0.25, 0.3) is 0 Å². The molecule has 0 atom stereocenters. The molecule has 1 aromatic carbocycles. The minimum absolute atomic E-state index is 0.572. The van der Waals surface area contributed by atoms with Crippen LogP contribution in [0.1, 0.15) is 5.56 Å². The molecule has 22 heavy (non-hydrogen) atoms. The molecule has 0 aliphatic heterocycles. The molecule has 1 N–H and O–H groups in total. The topological polar surface area (TPSA) is 52.6 Å². The van der Waals surface area contributed by atoms with Gasteiger partial charge in [0, 0.05) is 25.4 Å². The molecule has 0 bridgehead atoms. The number of rotatable bonds is 9. The lowest BCUT2D eigenvalue weighted by molar-refractivity contribution is 0.275. The van der Waals surface area contributed by atoms with Crippen LogP contribution in [0.5, 0.6) is 17.4 Å². The minimum Gasteiger partial charge on any atom is -0.493 e. The number of nitrogens with one attached hydrogen (secondary N) is 1. The highest BCUT2D eigenvalue weighted by atomic mass is 16.5. The maximum Gasteiger partial charge on any atom is 0.213 e. The zero-order valence-electron chi connectivity index (χ0n) is 13.0. The van der Waals surface area contributed by atoms with E-state index in [9.17, 15) is 0 Å². The van der Waals surface area contributed by atoms with Gasteiger partial charge in [-0.15, -0.1) is 0 Å². The lowest BCUT2D eigenvalue weighted by Gasteiger charge is -2.11. The van der Waals surface area contributed by atoms with E-state index in [2.05, 4.69) is 10.3 Å². The van der Waals surface area contributed by atoms with E-state index in [1.54, 1.807) is 13.3 Å². The second-order valence-electron chi connectivity index (χ2n) is 4.77. The minimum atomic E-state index is 0.572. The van der Waals surface area contributed by atoms with Crippen molar-refractivity contribution in [2.75, 3.05) is 33.4 Å². The Kier molecular flexibility index (Phi) is 6.51. The van der Waals surface area contributed by atoms with E-state index in [1.807, 2.05) is 43.3 Å². The van der Waals surface area contributed by atoms with Crippen LogP contribution in [0.25, 0.3) is 0 Å². The Bertz CT molecular complexity index is 575. The van der Waals surface area contributed by atoms with Gasteiger partial charge in [0.05, 0.1) is 7.11 Å². The molecule has 5 heteroatoms. The summed E-state index contributed by atoms with van der Waals surface area (Å²) in [5, 5.41) is 3.26. The maximum absolute atomic E-state index is 5.67. The lowest BCUT2D eigenvalue weighted by atomic mass is 10.3. The molecule has 0 amide bonds. The highest BCUT2D eigenvalue weighted by Gasteiger charge is 2.01. The van der Waals surface area contributed by atoms with E-state index in [0.717, 1.165) is 30.2 Å². The van der Waals surface area contributed by atoms with Gasteiger partial charge in [-0.1, -0.05) is 12.1 Å². The average Bonchev–Trinajstić information content (AvgIpc) is 2.54. The molecular weight excluding hydrogens is 280 g/mol. The molecule has 0 fully saturated rings. The van der Waals surface area contributed by atoms with E-state index >= 15 is 0 Å². The van der Waals surface area contributed by atoms with Crippen molar-refractivity contribution < 1.29 is 14.2 Å². The summed E-state index contributed by atoms with van der Waals surface area (Å²) in [5.41, 5.74) is 1.14. The third kappa shape index (κ3) is 5.26. The first-order chi connectivity index (χ1) is 10.8. The third-order valence-corrected chi connectivity index (χ3v) is 3.02. The van der Waals surface area contributed by atoms with Crippen LogP contribution in [-0.2, 0) is 0 Å². The van der Waals surface area contributed by atoms with Crippen LogP contribution in [0.15, 0.2) is 42.6 Å². The molecule has 0 aliphatic carbocycles. The molecule has 1 heterocycles. The number of pyridine rings is 1. The maximum atomic E-state index is 5.67. The van der Waals surface area contributed by atoms with Crippen molar-refractivity contribution >= 4 is 0 Å². The van der Waals surface area contributed by atoms with Crippen molar-refractivity contribution in [3.05, 3.63) is 48.2 Å². The second kappa shape index (κ2) is 8.89. The van der Waals surface area contributed by atoms with Crippen molar-refractivity contribution in [1.82, 2.24) is 10.3 Å². The number of benzene rings is 1. The molecular formula is C17H22N2O3. The molecule has 1 aromatic heterocycles. The Morgan fingerprint density at radius 3 is 2.45 bits per heavy atom. The molecule has 0 saturated carbocycles. The van der Waals surface area contributed by atoms with Crippen molar-refractivity contribution in [3.63, 3.8) is 0 Å². The van der Waals surface area contributed by atoms with Crippen LogP contribution in [0, 0.1) is 6.92 Å². The lowest BCUT2D eigenvalue weighted by Crippen LogP contribution is -2.26. The summed E-state index contributed by atoms with van der Waals surface area (Å²) in [4.78, 5) is 4.14. The monoisotopic (exact) mass is 302 g/mol. The number of hydrogen-bond acceptors (Lipinski definition) is 5. The normalized spacial score (nSPS) is 10.3. The Labute approximate surface area is 131 Å². The zero-order valence-corrected chi connectivity index (χ0v) is 13.0. The fourth-order valence-electron chi connectivity index (χ4n) is 1.91. The Morgan fingerprint density at radius 2 is 1.73 bits per heavy atom. The first kappa shape index (κ1) is 16.1. The van der Waals surface area contributed by atoms with E-state index < -0.39 is 0 Å². The predicted molar refractivity (Wildman–Crippen MR) is 85.8 cm³/mol. The number of para-hydroxylation sites is 2. The number of methoxy groups -OCH3 is 1. The van der Waals surface area contributed by atoms with Crippen LogP contribution in [-0.4, -0.2) is 38.4 Å². The first-order valence-electron chi connectivity index (χ1n) is 7.31. The Balaban J connectivity index is 1.58. The van der Waals surface area contributed by atoms with Gasteiger partial charge in [0.2, 0.25) is 5.88 Å². The van der Waals surface area contributed by atoms with Gasteiger partial charge in [-0.2, -0.15) is 0 Å². The quantitative estimate of drug-likeness (QED) is 0.721. The van der Waals surface area contributed by atoms with Gasteiger partial charge in [0.1, 0.15) is 13.2 Å². The molecule has 2 aromatic rings. The second-order valence-corrected chi connectivity index (χ2v) is 4.77. The highest BCUT2D eigenvalue weighted by molar-refractivity contribution is 5.39. The summed E-state index contributed by atoms with van der Waals surface area (Å²) < 4.78 is 16.4. The fraction of sp³-hybridized carbons (Fsp3) is 0.353. The van der Waals surface area contributed by atoms with Gasteiger partial charge in [-0.25, -0.2) is 4.98 Å². The zero-order chi connectivity index (χ0) is 15.6. The fourth-order valence-corrected chi connectivity index (χ4v) is 1.91. The number of ether oxygens (including phenoxy) is 3. The van der Waals surface area contributed by atoms with Gasteiger partial charge >= 0.3 is 0 Å². The number of aryl methyl sites for hydroxylation is 1. The van der Waals surface area contributed by atoms with E-state index in [4.69, 9.17) is 14.2 Å². The van der Waals surface area contributed by atoms with Gasteiger partial charge < -0.3 is 19.5 Å². The Hall–Kier alpha value is -2.27. The van der Waals surface area contributed by atoms with Crippen molar-refractivity contribution in [3.8, 4) is 17.4 Å². The molecule has 0 aliphatic rings. The summed E-state index contributed by atoms with van der Waals surface area (Å²) in [6, 6.07) is 11.5. The smallest absolute Gasteiger partial charge is 0.213 e. The summed E-state index contributed by atoms with van der Waals surface area (Å²) >= 11 is 0. The average molecular weight is 302 g/mol. The van der Waals surface area contributed by atoms with Gasteiger partial charge in [-0.05, 0) is 30.7 Å². The highest BCUT2D eigenvalue weighted by Crippen LogP contribution is 2.25. The summed E-state index contributed by atoms with van der Waals surface area (Å²) in [7, 11) is 1.64. The van der Waals surface area contributed by atoms with Crippen molar-refractivity contribution in [2.45, 2.75) is 6.92 Å². The van der Waals surface area contributed by atoms with Crippen LogP contribution in [0.3, 0.4) is 0 Å². The molecule has 0 radical (unpaired) electrons. The van der Waals surface area contributed by atoms with Gasteiger partial charge in [0.15, 0.2) is 11.5 Å². The standard InChI is InChI=1S/C17H22N2O3/c1-14-7-8-19-17(13-14)22-12-10-18-9-11-21-16-6-4-3-5-15(16)20-2/h3-8,13,18H,9-12H2,1-2H3. The van der Waals surface area contributed by atoms with E-state index in [0.29, 0.717) is 19.1 Å². The number of aromatic nitrogens is 1. The van der Waals surface area contributed by atoms with Crippen LogP contribution < -0.4 is 19.5 Å². The molecule has 5 nitrogen and oxygen atoms in total. The van der Waals surface area contributed by atoms with Crippen LogP contribution >= 0.6 is 0 Å². The first-order valence-corrected chi connectivity index (χ1v) is 7.31. The molecule has 2 rings (SSSR count). The van der Waals surface area contributed by atoms with E-state index in [-0.39, 0.29) is 0 Å². The molecule has 118 valence electrons. The molecule has 0 saturated heterocycles. The van der Waals surface area contributed by atoms with Crippen LogP contribution in [0.2, 0.25) is 0 Å². The largest absolute Gasteiger partial charge is 0.493 e. The summed E-state index contributed by atoms with van der Waals surface area (Å²) in [6.45, 7) is 4.64. The van der Waals surface area contributed by atoms with Crippen LogP contribution in [0.4, 0.5) is 0 Å². The Morgan fingerprint density at radius 1 is 1.00 bits per heavy atom. The number of hydrogen-bond donors (Lipinski definition) is 1. The van der Waals surface area contributed by atoms with Gasteiger partial charge in [-0.3, -0.25) is 0 Å². The summed E-state index contributed by atoms with van der Waals surface area (Å²) in [5.74, 6) is 2.16. The van der Waals surface area contributed by atoms with Crippen molar-refractivity contribution in [2.24, 2.45) is 0 Å². The molecule has 0 unspecified atom stereocenters. The van der Waals surface area contributed by atoms with E-state index in [1.165, 1.54) is 0 Å². The SMILES string of the molecule is COc1ccccc1OCCNCCOc1cc(C)ccn1. The van der Waals surface area contributed by atoms with Crippen molar-refractivity contribution in [1.29, 1.82) is 0 Å². The third-order valence-electron chi connectivity index (χ3n) is 3.02. The number of nitrogens with zero attached hydrogens (tertiary/aromatic N) is 1. The summed E-state index contributed by atoms with van der Waals surface area (Å²) in [6.07, 6.45) is 1.75.